The van der Waals surface area contributed by atoms with Crippen LogP contribution in [-0.2, 0) is 19.4 Å². The molecule has 0 atom stereocenters. The second-order valence-electron chi connectivity index (χ2n) is 4.35. The molecule has 0 aliphatic rings. The molecule has 0 radical (unpaired) electrons. The first-order valence-corrected chi connectivity index (χ1v) is 7.34. The molecule has 0 saturated heterocycles. The van der Waals surface area contributed by atoms with Crippen LogP contribution < -0.4 is 0 Å². The Balaban J connectivity index is 2.56. The van der Waals surface area contributed by atoms with Gasteiger partial charge in [0.15, 0.2) is 0 Å². The summed E-state index contributed by atoms with van der Waals surface area (Å²) >= 11 is 3.54. The quantitative estimate of drug-likeness (QED) is 0.815. The molecular weight excluding hydrogens is 288 g/mol. The predicted octanol–water partition coefficient (Wildman–Crippen LogP) is 4.46. The highest BCUT2D eigenvalue weighted by Gasteiger charge is 2.11. The zero-order valence-electron chi connectivity index (χ0n) is 11.2. The van der Waals surface area contributed by atoms with Crippen LogP contribution in [0.1, 0.15) is 32.0 Å². The van der Waals surface area contributed by atoms with Gasteiger partial charge in [-0.2, -0.15) is 5.10 Å². The number of aryl methyl sites for hydroxylation is 3. The highest BCUT2D eigenvalue weighted by atomic mass is 79.9. The van der Waals surface area contributed by atoms with Gasteiger partial charge in [0.05, 0.1) is 11.4 Å². The Bertz CT molecular complexity index is 543. The van der Waals surface area contributed by atoms with Crippen molar-refractivity contribution in [1.29, 1.82) is 0 Å². The summed E-state index contributed by atoms with van der Waals surface area (Å²) in [5.74, 6) is 0. The lowest BCUT2D eigenvalue weighted by atomic mass is 10.0. The van der Waals surface area contributed by atoms with Crippen LogP contribution in [0.5, 0.6) is 0 Å². The number of benzene rings is 1. The zero-order chi connectivity index (χ0) is 13.1. The lowest BCUT2D eigenvalue weighted by molar-refractivity contribution is 0.654. The maximum Gasteiger partial charge on any atom is 0.0687 e. The Morgan fingerprint density at radius 3 is 2.50 bits per heavy atom. The summed E-state index contributed by atoms with van der Waals surface area (Å²) in [7, 11) is 0. The van der Waals surface area contributed by atoms with Gasteiger partial charge < -0.3 is 0 Å². The van der Waals surface area contributed by atoms with Crippen molar-refractivity contribution in [3.05, 3.63) is 40.0 Å². The summed E-state index contributed by atoms with van der Waals surface area (Å²) in [4.78, 5) is 0. The normalized spacial score (nSPS) is 10.9. The molecule has 0 amide bonds. The Morgan fingerprint density at radius 2 is 1.89 bits per heavy atom. The Kier molecular flexibility index (Phi) is 4.23. The monoisotopic (exact) mass is 306 g/mol. The molecule has 18 heavy (non-hydrogen) atoms. The second-order valence-corrected chi connectivity index (χ2v) is 5.26. The number of hydrogen-bond acceptors (Lipinski definition) is 1. The van der Waals surface area contributed by atoms with Crippen molar-refractivity contribution in [1.82, 2.24) is 9.78 Å². The molecule has 96 valence electrons. The summed E-state index contributed by atoms with van der Waals surface area (Å²) in [6.45, 7) is 7.39. The van der Waals surface area contributed by atoms with Crippen LogP contribution in [0.15, 0.2) is 28.7 Å². The lowest BCUT2D eigenvalue weighted by Crippen LogP contribution is -2.01. The molecule has 2 nitrogen and oxygen atoms in total. The van der Waals surface area contributed by atoms with E-state index in [0.717, 1.165) is 29.6 Å². The van der Waals surface area contributed by atoms with E-state index < -0.39 is 0 Å². The summed E-state index contributed by atoms with van der Waals surface area (Å²) in [5.41, 5.74) is 5.06. The van der Waals surface area contributed by atoms with Crippen molar-refractivity contribution in [3.8, 4) is 11.3 Å². The van der Waals surface area contributed by atoms with E-state index in [4.69, 9.17) is 0 Å². The molecule has 0 fully saturated rings. The topological polar surface area (TPSA) is 17.8 Å². The third-order valence-electron chi connectivity index (χ3n) is 3.22. The van der Waals surface area contributed by atoms with Crippen molar-refractivity contribution in [2.45, 2.75) is 40.2 Å². The highest BCUT2D eigenvalue weighted by molar-refractivity contribution is 9.10. The molecular formula is C15H19BrN2. The maximum atomic E-state index is 4.63. The van der Waals surface area contributed by atoms with E-state index in [2.05, 4.69) is 70.7 Å². The summed E-state index contributed by atoms with van der Waals surface area (Å²) in [6.07, 6.45) is 2.02. The van der Waals surface area contributed by atoms with Gasteiger partial charge in [-0.3, -0.25) is 4.68 Å². The first kappa shape index (κ1) is 13.3. The Morgan fingerprint density at radius 1 is 1.11 bits per heavy atom. The fourth-order valence-corrected chi connectivity index (χ4v) is 2.61. The molecule has 0 unspecified atom stereocenters. The van der Waals surface area contributed by atoms with E-state index in [-0.39, 0.29) is 0 Å². The van der Waals surface area contributed by atoms with Gasteiger partial charge in [0.1, 0.15) is 0 Å². The predicted molar refractivity (Wildman–Crippen MR) is 79.8 cm³/mol. The molecule has 2 aromatic rings. The minimum absolute atomic E-state index is 0.911. The molecule has 3 heteroatoms. The molecule has 1 aromatic carbocycles. The van der Waals surface area contributed by atoms with Crippen LogP contribution >= 0.6 is 15.9 Å². The molecule has 1 heterocycles. The summed E-state index contributed by atoms with van der Waals surface area (Å²) in [5, 5.41) is 4.63. The van der Waals surface area contributed by atoms with Crippen molar-refractivity contribution in [3.63, 3.8) is 0 Å². The van der Waals surface area contributed by atoms with Gasteiger partial charge in [-0.05, 0) is 43.5 Å². The highest BCUT2D eigenvalue weighted by Crippen LogP contribution is 2.28. The standard InChI is InChI=1S/C15H19BrN2/c1-4-11-9-12(16)7-8-14(11)15-10-13(5-2)17-18(15)6-3/h7-10H,4-6H2,1-3H3. The number of hydrogen-bond donors (Lipinski definition) is 0. The van der Waals surface area contributed by atoms with E-state index in [1.54, 1.807) is 0 Å². The van der Waals surface area contributed by atoms with Crippen LogP contribution in [0, 0.1) is 0 Å². The lowest BCUT2D eigenvalue weighted by Gasteiger charge is -2.10. The van der Waals surface area contributed by atoms with Gasteiger partial charge in [-0.15, -0.1) is 0 Å². The van der Waals surface area contributed by atoms with Gasteiger partial charge >= 0.3 is 0 Å². The molecule has 0 N–H and O–H groups in total. The number of rotatable bonds is 4. The van der Waals surface area contributed by atoms with Crippen LogP contribution in [0.4, 0.5) is 0 Å². The van der Waals surface area contributed by atoms with Gasteiger partial charge in [-0.25, -0.2) is 0 Å². The smallest absolute Gasteiger partial charge is 0.0687 e. The van der Waals surface area contributed by atoms with Crippen molar-refractivity contribution < 1.29 is 0 Å². The van der Waals surface area contributed by atoms with Crippen molar-refractivity contribution >= 4 is 15.9 Å². The fourth-order valence-electron chi connectivity index (χ4n) is 2.21. The third-order valence-corrected chi connectivity index (χ3v) is 3.71. The molecule has 0 aliphatic heterocycles. The Labute approximate surface area is 117 Å². The van der Waals surface area contributed by atoms with Crippen LogP contribution in [0.2, 0.25) is 0 Å². The average Bonchev–Trinajstić information content (AvgIpc) is 2.81. The average molecular weight is 307 g/mol. The minimum Gasteiger partial charge on any atom is -0.265 e. The molecule has 2 rings (SSSR count). The van der Waals surface area contributed by atoms with Crippen molar-refractivity contribution in [2.75, 3.05) is 0 Å². The number of nitrogens with zero attached hydrogens (tertiary/aromatic N) is 2. The third kappa shape index (κ3) is 2.51. The largest absolute Gasteiger partial charge is 0.265 e. The van der Waals surface area contributed by atoms with E-state index in [0.29, 0.717) is 0 Å². The van der Waals surface area contributed by atoms with Gasteiger partial charge in [0.25, 0.3) is 0 Å². The first-order chi connectivity index (χ1) is 8.69. The second kappa shape index (κ2) is 5.70. The minimum atomic E-state index is 0.911. The molecule has 0 saturated carbocycles. The van der Waals surface area contributed by atoms with Crippen LogP contribution in [0.25, 0.3) is 11.3 Å². The van der Waals surface area contributed by atoms with E-state index in [1.165, 1.54) is 16.8 Å². The van der Waals surface area contributed by atoms with E-state index in [1.807, 2.05) is 0 Å². The zero-order valence-corrected chi connectivity index (χ0v) is 12.8. The number of halogens is 1. The maximum absolute atomic E-state index is 4.63. The van der Waals surface area contributed by atoms with Gasteiger partial charge in [-0.1, -0.05) is 35.8 Å². The van der Waals surface area contributed by atoms with E-state index in [9.17, 15) is 0 Å². The summed E-state index contributed by atoms with van der Waals surface area (Å²) < 4.78 is 3.24. The first-order valence-electron chi connectivity index (χ1n) is 6.55. The van der Waals surface area contributed by atoms with E-state index >= 15 is 0 Å². The molecule has 0 spiro atoms. The fraction of sp³-hybridized carbons (Fsp3) is 0.400. The van der Waals surface area contributed by atoms with Crippen molar-refractivity contribution in [2.24, 2.45) is 0 Å². The van der Waals surface area contributed by atoms with Gasteiger partial charge in [0, 0.05) is 16.6 Å². The summed E-state index contributed by atoms with van der Waals surface area (Å²) in [6, 6.07) is 8.71. The van der Waals surface area contributed by atoms with Crippen LogP contribution in [-0.4, -0.2) is 9.78 Å². The number of aromatic nitrogens is 2. The Hall–Kier alpha value is -1.09. The molecule has 0 bridgehead atoms. The van der Waals surface area contributed by atoms with Gasteiger partial charge in [0.2, 0.25) is 0 Å². The van der Waals surface area contributed by atoms with Crippen LogP contribution in [0.3, 0.4) is 0 Å². The SMILES string of the molecule is CCc1cc(-c2ccc(Br)cc2CC)n(CC)n1. The molecule has 1 aromatic heterocycles. The molecule has 0 aliphatic carbocycles.